The maximum atomic E-state index is 12.6. The van der Waals surface area contributed by atoms with Gasteiger partial charge in [-0.25, -0.2) is 4.79 Å². The summed E-state index contributed by atoms with van der Waals surface area (Å²) < 4.78 is 11.2. The molecule has 0 aromatic rings. The van der Waals surface area contributed by atoms with Gasteiger partial charge in [0, 0.05) is 5.92 Å². The van der Waals surface area contributed by atoms with Crippen LogP contribution in [0.2, 0.25) is 18.1 Å². The summed E-state index contributed by atoms with van der Waals surface area (Å²) in [4.78, 5) is 24.6. The number of hydrogen-bond donors (Lipinski definition) is 0. The van der Waals surface area contributed by atoms with Crippen molar-refractivity contribution in [2.24, 2.45) is 5.92 Å². The van der Waals surface area contributed by atoms with Crippen molar-refractivity contribution in [2.45, 2.75) is 65.8 Å². The third-order valence-electron chi connectivity index (χ3n) is 4.43. The van der Waals surface area contributed by atoms with Crippen LogP contribution in [0, 0.1) is 5.92 Å². The number of carbonyl (C=O) groups excluding carboxylic acids is 2. The quantitative estimate of drug-likeness (QED) is 0.165. The fourth-order valence-corrected chi connectivity index (χ4v) is 3.17. The number of esters is 1. The predicted octanol–water partition coefficient (Wildman–Crippen LogP) is 4.28. The van der Waals surface area contributed by atoms with Crippen LogP contribution in [0.1, 0.15) is 41.5 Å². The topological polar surface area (TPSA) is 52.6 Å². The van der Waals surface area contributed by atoms with E-state index in [0.717, 1.165) is 0 Å². The molecule has 0 radical (unpaired) electrons. The van der Waals surface area contributed by atoms with Gasteiger partial charge in [0.2, 0.25) is 0 Å². The lowest BCUT2D eigenvalue weighted by Crippen LogP contribution is -2.46. The number of allylic oxidation sites excluding steroid dienone is 1. The van der Waals surface area contributed by atoms with Gasteiger partial charge >= 0.3 is 5.97 Å². The number of hydrogen-bond acceptors (Lipinski definition) is 4. The van der Waals surface area contributed by atoms with Crippen molar-refractivity contribution < 1.29 is 18.8 Å². The van der Waals surface area contributed by atoms with Gasteiger partial charge in [0.1, 0.15) is 0 Å². The molecule has 0 amide bonds. The Balaban J connectivity index is 5.30. The van der Waals surface area contributed by atoms with Crippen LogP contribution in [-0.4, -0.2) is 32.8 Å². The van der Waals surface area contributed by atoms with E-state index < -0.39 is 26.3 Å². The Morgan fingerprint density at radius 1 is 1.26 bits per heavy atom. The number of rotatable bonds is 8. The van der Waals surface area contributed by atoms with E-state index in [4.69, 9.17) is 9.16 Å². The minimum atomic E-state index is -2.04. The summed E-state index contributed by atoms with van der Waals surface area (Å²) in [5.74, 6) is -1.34. The molecule has 132 valence electrons. The van der Waals surface area contributed by atoms with Crippen molar-refractivity contribution in [1.82, 2.24) is 0 Å². The van der Waals surface area contributed by atoms with Crippen LogP contribution in [0.4, 0.5) is 0 Å². The first-order valence-corrected chi connectivity index (χ1v) is 11.0. The van der Waals surface area contributed by atoms with Crippen LogP contribution >= 0.6 is 0 Å². The van der Waals surface area contributed by atoms with E-state index in [1.807, 2.05) is 0 Å². The summed E-state index contributed by atoms with van der Waals surface area (Å²) >= 11 is 0. The van der Waals surface area contributed by atoms with E-state index in [-0.39, 0.29) is 23.0 Å². The van der Waals surface area contributed by atoms with Gasteiger partial charge in [-0.3, -0.25) is 4.79 Å². The second kappa shape index (κ2) is 8.59. The van der Waals surface area contributed by atoms with Gasteiger partial charge in [-0.05, 0) is 32.0 Å². The van der Waals surface area contributed by atoms with Crippen LogP contribution in [0.15, 0.2) is 24.3 Å². The summed E-state index contributed by atoms with van der Waals surface area (Å²) in [5, 5.41) is 0.0294. The first-order valence-electron chi connectivity index (χ1n) is 8.10. The zero-order chi connectivity index (χ0) is 18.4. The van der Waals surface area contributed by atoms with Gasteiger partial charge < -0.3 is 9.16 Å². The Kier molecular flexibility index (Phi) is 8.14. The monoisotopic (exact) mass is 340 g/mol. The molecule has 0 saturated heterocycles. The lowest BCUT2D eigenvalue weighted by atomic mass is 9.94. The van der Waals surface area contributed by atoms with Crippen LogP contribution in [0.5, 0.6) is 0 Å². The van der Waals surface area contributed by atoms with E-state index in [2.05, 4.69) is 40.4 Å². The first kappa shape index (κ1) is 21.8. The zero-order valence-corrected chi connectivity index (χ0v) is 16.9. The molecule has 0 unspecified atom stereocenters. The minimum Gasteiger partial charge on any atom is -0.462 e. The summed E-state index contributed by atoms with van der Waals surface area (Å²) in [7, 11) is -2.04. The summed E-state index contributed by atoms with van der Waals surface area (Å²) in [6, 6.07) is 0. The molecule has 0 N–H and O–H groups in total. The van der Waals surface area contributed by atoms with Crippen LogP contribution in [-0.2, 0) is 18.8 Å². The van der Waals surface area contributed by atoms with E-state index in [1.54, 1.807) is 26.8 Å². The number of ether oxygens (including phenoxy) is 1. The lowest BCUT2D eigenvalue weighted by molar-refractivity contribution is -0.140. The van der Waals surface area contributed by atoms with E-state index in [0.29, 0.717) is 0 Å². The molecule has 5 heteroatoms. The molecular formula is C18H32O4Si. The van der Waals surface area contributed by atoms with Crippen molar-refractivity contribution in [3.8, 4) is 0 Å². The molecule has 0 aliphatic carbocycles. The number of ketones is 1. The van der Waals surface area contributed by atoms with Crippen molar-refractivity contribution in [3.05, 3.63) is 24.3 Å². The molecule has 0 bridgehead atoms. The highest BCUT2D eigenvalue weighted by Crippen LogP contribution is 2.38. The standard InChI is InChI=1S/C18H32O4Si/c1-10-14(17(20)21-12-3)16(19)13(4)15(11-2)22-23(8,9)18(5,6)7/h10-11,13,15H,2,12H2,1,3-9H3/t13-,15+/m1/s1. The van der Waals surface area contributed by atoms with E-state index >= 15 is 0 Å². The molecular weight excluding hydrogens is 308 g/mol. The van der Waals surface area contributed by atoms with Gasteiger partial charge in [0.15, 0.2) is 14.1 Å². The molecule has 23 heavy (non-hydrogen) atoms. The molecule has 0 spiro atoms. The van der Waals surface area contributed by atoms with Crippen LogP contribution < -0.4 is 0 Å². The number of carbonyl (C=O) groups is 2. The summed E-state index contributed by atoms with van der Waals surface area (Å²) in [6.07, 6.45) is 2.73. The summed E-state index contributed by atoms with van der Waals surface area (Å²) in [5.41, 5.74) is 0.0741. The highest BCUT2D eigenvalue weighted by atomic mass is 28.4. The highest BCUT2D eigenvalue weighted by Gasteiger charge is 2.41. The SMILES string of the molecule is C=C[C@H](O[Si](C)(C)C(C)(C)C)[C@@H](C)C(=O)C(=CC)C(=O)OCC. The molecule has 4 nitrogen and oxygen atoms in total. The molecule has 0 rings (SSSR count). The van der Waals surface area contributed by atoms with Gasteiger partial charge in [-0.1, -0.05) is 39.8 Å². The van der Waals surface area contributed by atoms with Crippen LogP contribution in [0.3, 0.4) is 0 Å². The Bertz CT molecular complexity index is 472. The highest BCUT2D eigenvalue weighted by molar-refractivity contribution is 6.74. The van der Waals surface area contributed by atoms with E-state index in [1.165, 1.54) is 6.08 Å². The normalized spacial score (nSPS) is 15.7. The molecule has 0 saturated carbocycles. The Labute approximate surface area is 142 Å². The largest absolute Gasteiger partial charge is 0.462 e. The second-order valence-electron chi connectivity index (χ2n) is 7.15. The molecule has 0 aromatic carbocycles. The average molecular weight is 341 g/mol. The van der Waals surface area contributed by atoms with Crippen molar-refractivity contribution in [2.75, 3.05) is 6.61 Å². The maximum Gasteiger partial charge on any atom is 0.341 e. The van der Waals surface area contributed by atoms with Crippen molar-refractivity contribution >= 4 is 20.1 Å². The predicted molar refractivity (Wildman–Crippen MR) is 96.8 cm³/mol. The zero-order valence-electron chi connectivity index (χ0n) is 15.9. The van der Waals surface area contributed by atoms with Gasteiger partial charge in [-0.15, -0.1) is 6.58 Å². The molecule has 0 aliphatic rings. The Morgan fingerprint density at radius 2 is 1.78 bits per heavy atom. The van der Waals surface area contributed by atoms with Crippen molar-refractivity contribution in [3.63, 3.8) is 0 Å². The van der Waals surface area contributed by atoms with Crippen LogP contribution in [0.25, 0.3) is 0 Å². The van der Waals surface area contributed by atoms with Gasteiger partial charge in [-0.2, -0.15) is 0 Å². The van der Waals surface area contributed by atoms with Gasteiger partial charge in [0.25, 0.3) is 0 Å². The van der Waals surface area contributed by atoms with E-state index in [9.17, 15) is 9.59 Å². The Hall–Kier alpha value is -1.20. The molecule has 0 heterocycles. The Morgan fingerprint density at radius 3 is 2.13 bits per heavy atom. The smallest absolute Gasteiger partial charge is 0.341 e. The molecule has 0 fully saturated rings. The lowest BCUT2D eigenvalue weighted by Gasteiger charge is -2.39. The maximum absolute atomic E-state index is 12.6. The van der Waals surface area contributed by atoms with Crippen molar-refractivity contribution in [1.29, 1.82) is 0 Å². The first-order chi connectivity index (χ1) is 10.4. The third kappa shape index (κ3) is 5.73. The third-order valence-corrected chi connectivity index (χ3v) is 8.90. The second-order valence-corrected chi connectivity index (χ2v) is 11.9. The fourth-order valence-electron chi connectivity index (χ4n) is 1.84. The van der Waals surface area contributed by atoms with Gasteiger partial charge in [0.05, 0.1) is 18.3 Å². The average Bonchev–Trinajstić information content (AvgIpc) is 2.43. The summed E-state index contributed by atoms with van der Waals surface area (Å²) in [6.45, 7) is 19.9. The minimum absolute atomic E-state index is 0.0294. The fraction of sp³-hybridized carbons (Fsp3) is 0.667. The molecule has 0 aromatic heterocycles. The molecule has 2 atom stereocenters. The molecule has 0 aliphatic heterocycles. The number of Topliss-reactive ketones (excluding diaryl/α,β-unsaturated/α-hetero) is 1.